The molecule has 0 atom stereocenters. The van der Waals surface area contributed by atoms with Crippen molar-refractivity contribution in [1.82, 2.24) is 15.2 Å². The van der Waals surface area contributed by atoms with Crippen LogP contribution >= 0.6 is 23.2 Å². The predicted molar refractivity (Wildman–Crippen MR) is 97.5 cm³/mol. The van der Waals surface area contributed by atoms with Crippen LogP contribution in [0.5, 0.6) is 11.5 Å². The third-order valence-electron chi connectivity index (χ3n) is 3.49. The number of halogens is 2. The Morgan fingerprint density at radius 1 is 1.16 bits per heavy atom. The molecule has 0 radical (unpaired) electrons. The first kappa shape index (κ1) is 17.4. The van der Waals surface area contributed by atoms with Crippen molar-refractivity contribution in [3.8, 4) is 11.5 Å². The summed E-state index contributed by atoms with van der Waals surface area (Å²) >= 11 is 12.5. The van der Waals surface area contributed by atoms with E-state index in [0.717, 1.165) is 11.1 Å². The highest BCUT2D eigenvalue weighted by atomic mass is 35.5. The highest BCUT2D eigenvalue weighted by molar-refractivity contribution is 6.32. The number of rotatable bonds is 7. The molecule has 0 spiro atoms. The molecule has 0 bridgehead atoms. The van der Waals surface area contributed by atoms with E-state index in [0.29, 0.717) is 40.6 Å². The quantitative estimate of drug-likeness (QED) is 0.640. The topological polar surface area (TPSA) is 72.1 Å². The minimum absolute atomic E-state index is 0.297. The number of anilines is 1. The largest absolute Gasteiger partial charge is 0.493 e. The van der Waals surface area contributed by atoms with Crippen LogP contribution in [0.2, 0.25) is 10.0 Å². The molecule has 0 aliphatic heterocycles. The SMILES string of the molecule is COc1cc(CNc2ncn[nH]2)cc(Cl)c1OCc1ccccc1Cl. The van der Waals surface area contributed by atoms with Crippen LogP contribution in [0.15, 0.2) is 42.7 Å². The van der Waals surface area contributed by atoms with Gasteiger partial charge in [-0.1, -0.05) is 41.4 Å². The molecule has 0 unspecified atom stereocenters. The summed E-state index contributed by atoms with van der Waals surface area (Å²) in [5, 5.41) is 10.7. The van der Waals surface area contributed by atoms with E-state index in [2.05, 4.69) is 20.5 Å². The number of ether oxygens (including phenoxy) is 2. The standard InChI is InChI=1S/C17H16Cl2N4O2/c1-24-15-7-11(8-20-17-21-10-22-23-17)6-14(19)16(15)25-9-12-4-2-3-5-13(12)18/h2-7,10H,8-9H2,1H3,(H2,20,21,22,23). The molecule has 2 N–H and O–H groups in total. The van der Waals surface area contributed by atoms with Crippen molar-refractivity contribution in [1.29, 1.82) is 0 Å². The van der Waals surface area contributed by atoms with Gasteiger partial charge in [0, 0.05) is 17.1 Å². The smallest absolute Gasteiger partial charge is 0.218 e. The van der Waals surface area contributed by atoms with Crippen LogP contribution in [0.25, 0.3) is 0 Å². The first-order valence-electron chi connectivity index (χ1n) is 7.49. The van der Waals surface area contributed by atoms with Gasteiger partial charge in [-0.2, -0.15) is 5.10 Å². The Morgan fingerprint density at radius 2 is 2.00 bits per heavy atom. The van der Waals surface area contributed by atoms with Crippen LogP contribution in [0, 0.1) is 0 Å². The van der Waals surface area contributed by atoms with E-state index in [1.54, 1.807) is 7.11 Å². The van der Waals surface area contributed by atoms with E-state index in [1.807, 2.05) is 36.4 Å². The monoisotopic (exact) mass is 378 g/mol. The van der Waals surface area contributed by atoms with E-state index in [9.17, 15) is 0 Å². The van der Waals surface area contributed by atoms with Gasteiger partial charge in [0.2, 0.25) is 5.95 Å². The molecule has 0 aliphatic rings. The zero-order valence-electron chi connectivity index (χ0n) is 13.4. The Balaban J connectivity index is 1.74. The lowest BCUT2D eigenvalue weighted by molar-refractivity contribution is 0.284. The third kappa shape index (κ3) is 4.35. The maximum atomic E-state index is 6.38. The number of nitrogens with one attached hydrogen (secondary N) is 2. The number of hydrogen-bond donors (Lipinski definition) is 2. The second-order valence-corrected chi connectivity index (χ2v) is 5.99. The molecule has 0 aliphatic carbocycles. The zero-order valence-corrected chi connectivity index (χ0v) is 14.9. The molecule has 3 aromatic rings. The molecule has 0 saturated heterocycles. The highest BCUT2D eigenvalue weighted by Gasteiger charge is 2.13. The molecule has 25 heavy (non-hydrogen) atoms. The van der Waals surface area contributed by atoms with Gasteiger partial charge in [-0.15, -0.1) is 0 Å². The van der Waals surface area contributed by atoms with Crippen LogP contribution in [0.3, 0.4) is 0 Å². The van der Waals surface area contributed by atoms with E-state index >= 15 is 0 Å². The molecule has 0 fully saturated rings. The van der Waals surface area contributed by atoms with Gasteiger partial charge in [0.25, 0.3) is 0 Å². The lowest BCUT2D eigenvalue weighted by atomic mass is 10.2. The van der Waals surface area contributed by atoms with Crippen molar-refractivity contribution < 1.29 is 9.47 Å². The average Bonchev–Trinajstić information content (AvgIpc) is 3.13. The Morgan fingerprint density at radius 3 is 2.72 bits per heavy atom. The fourth-order valence-electron chi connectivity index (χ4n) is 2.26. The van der Waals surface area contributed by atoms with Crippen molar-refractivity contribution in [2.24, 2.45) is 0 Å². The maximum absolute atomic E-state index is 6.38. The summed E-state index contributed by atoms with van der Waals surface area (Å²) in [6.45, 7) is 0.807. The van der Waals surface area contributed by atoms with E-state index < -0.39 is 0 Å². The van der Waals surface area contributed by atoms with Crippen LogP contribution in [-0.4, -0.2) is 22.3 Å². The first-order valence-corrected chi connectivity index (χ1v) is 8.25. The molecular weight excluding hydrogens is 363 g/mol. The normalized spacial score (nSPS) is 10.5. The number of aromatic nitrogens is 3. The summed E-state index contributed by atoms with van der Waals surface area (Å²) in [6, 6.07) is 11.2. The Hall–Kier alpha value is -2.44. The van der Waals surface area contributed by atoms with Gasteiger partial charge in [-0.25, -0.2) is 10.1 Å². The van der Waals surface area contributed by atoms with Crippen molar-refractivity contribution in [2.75, 3.05) is 12.4 Å². The van der Waals surface area contributed by atoms with Crippen LogP contribution in [-0.2, 0) is 13.2 Å². The van der Waals surface area contributed by atoms with Gasteiger partial charge < -0.3 is 14.8 Å². The van der Waals surface area contributed by atoms with Crippen LogP contribution in [0.1, 0.15) is 11.1 Å². The van der Waals surface area contributed by atoms with Crippen molar-refractivity contribution in [2.45, 2.75) is 13.2 Å². The molecular formula is C17H16Cl2N4O2. The molecule has 0 amide bonds. The number of aromatic amines is 1. The molecule has 6 nitrogen and oxygen atoms in total. The molecule has 8 heteroatoms. The van der Waals surface area contributed by atoms with E-state index in [-0.39, 0.29) is 0 Å². The van der Waals surface area contributed by atoms with Gasteiger partial charge in [-0.05, 0) is 23.8 Å². The summed E-state index contributed by atoms with van der Waals surface area (Å²) < 4.78 is 11.3. The third-order valence-corrected chi connectivity index (χ3v) is 4.14. The van der Waals surface area contributed by atoms with Gasteiger partial charge in [-0.3, -0.25) is 0 Å². The first-order chi connectivity index (χ1) is 12.2. The van der Waals surface area contributed by atoms with Crippen LogP contribution in [0.4, 0.5) is 5.95 Å². The molecule has 2 aromatic carbocycles. The van der Waals surface area contributed by atoms with Gasteiger partial charge >= 0.3 is 0 Å². The van der Waals surface area contributed by atoms with Crippen molar-refractivity contribution in [3.05, 3.63) is 63.9 Å². The molecule has 0 saturated carbocycles. The van der Waals surface area contributed by atoms with Gasteiger partial charge in [0.1, 0.15) is 12.9 Å². The van der Waals surface area contributed by atoms with E-state index in [4.69, 9.17) is 32.7 Å². The van der Waals surface area contributed by atoms with Crippen LogP contribution < -0.4 is 14.8 Å². The minimum Gasteiger partial charge on any atom is -0.493 e. The Bertz CT molecular complexity index is 841. The van der Waals surface area contributed by atoms with Crippen molar-refractivity contribution in [3.63, 3.8) is 0 Å². The summed E-state index contributed by atoms with van der Waals surface area (Å²) in [5.41, 5.74) is 1.79. The molecule has 1 aromatic heterocycles. The second kappa shape index (κ2) is 8.09. The number of methoxy groups -OCH3 is 1. The fraction of sp³-hybridized carbons (Fsp3) is 0.176. The number of nitrogens with zero attached hydrogens (tertiary/aromatic N) is 2. The fourth-order valence-corrected chi connectivity index (χ4v) is 2.74. The number of H-pyrrole nitrogens is 1. The summed E-state index contributed by atoms with van der Waals surface area (Å²) in [4.78, 5) is 4.01. The average molecular weight is 379 g/mol. The molecule has 3 rings (SSSR count). The Kier molecular flexibility index (Phi) is 5.63. The highest BCUT2D eigenvalue weighted by Crippen LogP contribution is 2.37. The second-order valence-electron chi connectivity index (χ2n) is 5.18. The minimum atomic E-state index is 0.297. The summed E-state index contributed by atoms with van der Waals surface area (Å²) in [7, 11) is 1.57. The maximum Gasteiger partial charge on any atom is 0.218 e. The lowest BCUT2D eigenvalue weighted by Gasteiger charge is -2.15. The number of hydrogen-bond acceptors (Lipinski definition) is 5. The van der Waals surface area contributed by atoms with E-state index in [1.165, 1.54) is 6.33 Å². The van der Waals surface area contributed by atoms with Gasteiger partial charge in [0.15, 0.2) is 11.5 Å². The summed E-state index contributed by atoms with van der Waals surface area (Å²) in [6.07, 6.45) is 1.43. The van der Waals surface area contributed by atoms with Crippen molar-refractivity contribution >= 4 is 29.2 Å². The van der Waals surface area contributed by atoms with Gasteiger partial charge in [0.05, 0.1) is 12.1 Å². The lowest BCUT2D eigenvalue weighted by Crippen LogP contribution is -2.03. The molecule has 1 heterocycles. The predicted octanol–water partition coefficient (Wildman–Crippen LogP) is 4.31. The number of benzene rings is 2. The Labute approximate surface area is 155 Å². The molecule has 130 valence electrons. The zero-order chi connectivity index (χ0) is 17.6. The summed E-state index contributed by atoms with van der Waals surface area (Å²) in [5.74, 6) is 1.61.